The molecule has 3 aromatic carbocycles. The van der Waals surface area contributed by atoms with Gasteiger partial charge >= 0.3 is 12.1 Å². The molecule has 5 rings (SSSR count). The molecule has 1 aliphatic carbocycles. The van der Waals surface area contributed by atoms with Gasteiger partial charge in [-0.25, -0.2) is 14.5 Å². The lowest BCUT2D eigenvalue weighted by atomic mass is 9.98. The Hall–Kier alpha value is -3.97. The van der Waals surface area contributed by atoms with Crippen molar-refractivity contribution in [1.82, 2.24) is 10.2 Å². The van der Waals surface area contributed by atoms with Gasteiger partial charge in [-0.15, -0.1) is 0 Å². The Balaban J connectivity index is 1.41. The fourth-order valence-corrected chi connectivity index (χ4v) is 5.22. The molecule has 7 heteroatoms. The Kier molecular flexibility index (Phi) is 6.82. The Morgan fingerprint density at radius 1 is 0.917 bits per heavy atom. The lowest BCUT2D eigenvalue weighted by molar-refractivity contribution is -0.149. The minimum Gasteiger partial charge on any atom is -0.480 e. The number of nitrogens with one attached hydrogen (secondary N) is 1. The molecule has 2 aliphatic rings. The Morgan fingerprint density at radius 3 is 2.11 bits per heavy atom. The van der Waals surface area contributed by atoms with Crippen LogP contribution in [-0.4, -0.2) is 53.2 Å². The molecule has 184 valence electrons. The number of aliphatic carboxylic acids is 1. The smallest absolute Gasteiger partial charge is 0.417 e. The summed E-state index contributed by atoms with van der Waals surface area (Å²) in [6.07, 6.45) is 0.396. The third-order valence-electron chi connectivity index (χ3n) is 7.00. The van der Waals surface area contributed by atoms with Crippen LogP contribution < -0.4 is 5.32 Å². The van der Waals surface area contributed by atoms with Crippen LogP contribution >= 0.6 is 0 Å². The lowest BCUT2D eigenvalue weighted by Gasteiger charge is -2.29. The Morgan fingerprint density at radius 2 is 1.53 bits per heavy atom. The maximum atomic E-state index is 13.4. The molecule has 0 radical (unpaired) electrons. The number of benzene rings is 3. The van der Waals surface area contributed by atoms with Crippen molar-refractivity contribution in [2.24, 2.45) is 0 Å². The van der Waals surface area contributed by atoms with Crippen molar-refractivity contribution >= 4 is 18.0 Å². The molecule has 1 saturated heterocycles. The number of amides is 2. The van der Waals surface area contributed by atoms with E-state index in [1.807, 2.05) is 54.6 Å². The highest BCUT2D eigenvalue weighted by molar-refractivity contribution is 5.99. The number of carbonyl (C=O) groups excluding carboxylic acids is 2. The summed E-state index contributed by atoms with van der Waals surface area (Å²) in [6, 6.07) is 22.9. The number of hydrogen-bond acceptors (Lipinski definition) is 5. The van der Waals surface area contributed by atoms with Crippen LogP contribution in [-0.2, 0) is 20.7 Å². The van der Waals surface area contributed by atoms with Gasteiger partial charge in [-0.3, -0.25) is 4.79 Å². The van der Waals surface area contributed by atoms with E-state index in [4.69, 9.17) is 4.74 Å². The van der Waals surface area contributed by atoms with E-state index in [1.165, 1.54) is 0 Å². The SMILES string of the molecule is O=C(O)[C@@H](Cc1ccccc1)N(C(=O)OCC1c2ccccc2-c2ccccc21)C(=O)[C@@H]1CCCN1. The van der Waals surface area contributed by atoms with Gasteiger partial charge in [0.1, 0.15) is 12.6 Å². The molecule has 0 spiro atoms. The predicted octanol–water partition coefficient (Wildman–Crippen LogP) is 4.21. The van der Waals surface area contributed by atoms with Crippen LogP contribution in [0.5, 0.6) is 0 Å². The summed E-state index contributed by atoms with van der Waals surface area (Å²) < 4.78 is 5.73. The first kappa shape index (κ1) is 23.8. The maximum Gasteiger partial charge on any atom is 0.417 e. The van der Waals surface area contributed by atoms with E-state index in [9.17, 15) is 19.5 Å². The number of carboxylic acids is 1. The van der Waals surface area contributed by atoms with Gasteiger partial charge in [-0.1, -0.05) is 78.9 Å². The zero-order valence-corrected chi connectivity index (χ0v) is 19.8. The van der Waals surface area contributed by atoms with Crippen molar-refractivity contribution in [3.63, 3.8) is 0 Å². The lowest BCUT2D eigenvalue weighted by Crippen LogP contribution is -2.55. The molecule has 7 nitrogen and oxygen atoms in total. The standard InChI is InChI=1S/C29H28N2O5/c32-27(25-15-8-16-30-25)31(26(28(33)34)17-19-9-2-1-3-10-19)29(35)36-18-24-22-13-6-4-11-20(22)21-12-5-7-14-23(21)24/h1-7,9-14,24-26,30H,8,15-18H2,(H,33,34)/t25-,26+/m0/s1. The first-order valence-corrected chi connectivity index (χ1v) is 12.2. The molecule has 2 N–H and O–H groups in total. The second kappa shape index (κ2) is 10.3. The summed E-state index contributed by atoms with van der Waals surface area (Å²) in [5, 5.41) is 13.1. The third-order valence-corrected chi connectivity index (χ3v) is 7.00. The first-order valence-electron chi connectivity index (χ1n) is 12.2. The molecule has 2 amide bonds. The summed E-state index contributed by atoms with van der Waals surface area (Å²) >= 11 is 0. The summed E-state index contributed by atoms with van der Waals surface area (Å²) in [5.74, 6) is -2.01. The second-order valence-electron chi connectivity index (χ2n) is 9.20. The van der Waals surface area contributed by atoms with Gasteiger partial charge in [-0.05, 0) is 47.2 Å². The van der Waals surface area contributed by atoms with E-state index in [-0.39, 0.29) is 18.9 Å². The summed E-state index contributed by atoms with van der Waals surface area (Å²) in [7, 11) is 0. The van der Waals surface area contributed by atoms with E-state index >= 15 is 0 Å². The second-order valence-corrected chi connectivity index (χ2v) is 9.20. The number of hydrogen-bond donors (Lipinski definition) is 2. The highest BCUT2D eigenvalue weighted by Gasteiger charge is 2.41. The van der Waals surface area contributed by atoms with Gasteiger partial charge in [0.15, 0.2) is 0 Å². The number of nitrogens with zero attached hydrogens (tertiary/aromatic N) is 1. The number of imide groups is 1. The van der Waals surface area contributed by atoms with E-state index in [2.05, 4.69) is 5.32 Å². The first-order chi connectivity index (χ1) is 17.5. The summed E-state index contributed by atoms with van der Waals surface area (Å²) in [4.78, 5) is 40.0. The maximum absolute atomic E-state index is 13.4. The van der Waals surface area contributed by atoms with Crippen LogP contribution in [0.2, 0.25) is 0 Å². The van der Waals surface area contributed by atoms with E-state index < -0.39 is 30.1 Å². The predicted molar refractivity (Wildman–Crippen MR) is 135 cm³/mol. The van der Waals surface area contributed by atoms with Crippen LogP contribution in [0.25, 0.3) is 11.1 Å². The highest BCUT2D eigenvalue weighted by Crippen LogP contribution is 2.44. The molecule has 1 aliphatic heterocycles. The summed E-state index contributed by atoms with van der Waals surface area (Å²) in [5.41, 5.74) is 4.98. The molecular weight excluding hydrogens is 456 g/mol. The van der Waals surface area contributed by atoms with Gasteiger partial charge in [0.25, 0.3) is 0 Å². The molecule has 2 atom stereocenters. The van der Waals surface area contributed by atoms with Crippen molar-refractivity contribution in [2.45, 2.75) is 37.3 Å². The van der Waals surface area contributed by atoms with E-state index in [1.54, 1.807) is 24.3 Å². The number of carboxylic acid groups (broad SMARTS) is 1. The fourth-order valence-electron chi connectivity index (χ4n) is 5.22. The van der Waals surface area contributed by atoms with Gasteiger partial charge < -0.3 is 15.2 Å². The molecule has 1 heterocycles. The monoisotopic (exact) mass is 484 g/mol. The minimum absolute atomic E-state index is 0.00116. The zero-order chi connectivity index (χ0) is 25.1. The van der Waals surface area contributed by atoms with Crippen LogP contribution in [0.4, 0.5) is 4.79 Å². The minimum atomic E-state index is -1.38. The summed E-state index contributed by atoms with van der Waals surface area (Å²) in [6.45, 7) is 0.651. The third kappa shape index (κ3) is 4.62. The molecule has 36 heavy (non-hydrogen) atoms. The topological polar surface area (TPSA) is 95.9 Å². The zero-order valence-electron chi connectivity index (χ0n) is 19.8. The average Bonchev–Trinajstić information content (AvgIpc) is 3.55. The van der Waals surface area contributed by atoms with Crippen molar-refractivity contribution in [1.29, 1.82) is 0 Å². The average molecular weight is 485 g/mol. The quantitative estimate of drug-likeness (QED) is 0.522. The van der Waals surface area contributed by atoms with Crippen molar-refractivity contribution < 1.29 is 24.2 Å². The van der Waals surface area contributed by atoms with Crippen LogP contribution in [0, 0.1) is 0 Å². The van der Waals surface area contributed by atoms with Gasteiger partial charge in [0.05, 0.1) is 6.04 Å². The van der Waals surface area contributed by atoms with E-state index in [0.29, 0.717) is 18.5 Å². The van der Waals surface area contributed by atoms with Crippen LogP contribution in [0.3, 0.4) is 0 Å². The van der Waals surface area contributed by atoms with Crippen LogP contribution in [0.1, 0.15) is 35.4 Å². The highest BCUT2D eigenvalue weighted by atomic mass is 16.6. The largest absolute Gasteiger partial charge is 0.480 e. The molecular formula is C29H28N2O5. The molecule has 3 aromatic rings. The van der Waals surface area contributed by atoms with Gasteiger partial charge in [0, 0.05) is 12.3 Å². The normalized spacial score (nSPS) is 17.2. The molecule has 0 unspecified atom stereocenters. The van der Waals surface area contributed by atoms with Crippen molar-refractivity contribution in [3.8, 4) is 11.1 Å². The molecule has 0 aromatic heterocycles. The molecule has 0 bridgehead atoms. The fraction of sp³-hybridized carbons (Fsp3) is 0.276. The Labute approximate surface area is 209 Å². The number of rotatable bonds is 7. The number of ether oxygens (including phenoxy) is 1. The van der Waals surface area contributed by atoms with Gasteiger partial charge in [-0.2, -0.15) is 0 Å². The number of carbonyl (C=O) groups is 3. The Bertz CT molecular complexity index is 1220. The van der Waals surface area contributed by atoms with E-state index in [0.717, 1.165) is 33.6 Å². The van der Waals surface area contributed by atoms with Crippen molar-refractivity contribution in [2.75, 3.05) is 13.2 Å². The molecule has 1 fully saturated rings. The number of fused-ring (bicyclic) bond motifs is 3. The van der Waals surface area contributed by atoms with Crippen molar-refractivity contribution in [3.05, 3.63) is 95.6 Å². The van der Waals surface area contributed by atoms with Crippen LogP contribution in [0.15, 0.2) is 78.9 Å². The molecule has 0 saturated carbocycles. The van der Waals surface area contributed by atoms with Gasteiger partial charge in [0.2, 0.25) is 5.91 Å².